The number of piperidine rings is 1. The summed E-state index contributed by atoms with van der Waals surface area (Å²) in [6.45, 7) is 1.73. The maximum atomic E-state index is 13.7. The van der Waals surface area contributed by atoms with Crippen LogP contribution in [0.15, 0.2) is 53.4 Å². The predicted octanol–water partition coefficient (Wildman–Crippen LogP) is 2.79. The van der Waals surface area contributed by atoms with Gasteiger partial charge < -0.3 is 10.2 Å². The van der Waals surface area contributed by atoms with E-state index in [1.807, 2.05) is 7.05 Å². The molecule has 0 bridgehead atoms. The van der Waals surface area contributed by atoms with Gasteiger partial charge in [0.1, 0.15) is 5.82 Å². The molecule has 6 nitrogen and oxygen atoms in total. The molecule has 2 aromatic rings. The summed E-state index contributed by atoms with van der Waals surface area (Å²) >= 11 is 0. The molecule has 1 heterocycles. The van der Waals surface area contributed by atoms with Crippen molar-refractivity contribution in [1.29, 1.82) is 0 Å². The molecule has 0 spiro atoms. The zero-order chi connectivity index (χ0) is 20.3. The molecule has 28 heavy (non-hydrogen) atoms. The fraction of sp³-hybridized carbons (Fsp3) is 0.350. The number of sulfonamides is 1. The largest absolute Gasteiger partial charge is 0.322 e. The van der Waals surface area contributed by atoms with E-state index in [1.54, 1.807) is 13.1 Å². The van der Waals surface area contributed by atoms with Gasteiger partial charge in [0, 0.05) is 18.8 Å². The standard InChI is InChI=1S/C20H24FN3O3S/c1-23-13-11-16(12-14-23)24(2)28(26,27)17-9-7-15(8-10-17)22-20(25)18-5-3-4-6-19(18)21/h3-10,16H,11-14H2,1-2H3,(H,22,25). The van der Waals surface area contributed by atoms with Crippen molar-refractivity contribution in [2.45, 2.75) is 23.8 Å². The van der Waals surface area contributed by atoms with Crippen molar-refractivity contribution in [3.8, 4) is 0 Å². The number of carbonyl (C=O) groups excluding carboxylic acids is 1. The molecule has 0 aromatic heterocycles. The first-order valence-corrected chi connectivity index (χ1v) is 10.6. The SMILES string of the molecule is CN1CCC(N(C)S(=O)(=O)c2ccc(NC(=O)c3ccccc3F)cc2)CC1. The van der Waals surface area contributed by atoms with Crippen LogP contribution in [0.25, 0.3) is 0 Å². The molecule has 8 heteroatoms. The molecule has 0 atom stereocenters. The Kier molecular flexibility index (Phi) is 6.12. The Hall–Kier alpha value is -2.29. The highest BCUT2D eigenvalue weighted by Gasteiger charge is 2.30. The van der Waals surface area contributed by atoms with E-state index in [1.165, 1.54) is 46.8 Å². The minimum Gasteiger partial charge on any atom is -0.322 e. The number of hydrogen-bond donors (Lipinski definition) is 1. The summed E-state index contributed by atoms with van der Waals surface area (Å²) in [6, 6.07) is 11.6. The first-order valence-electron chi connectivity index (χ1n) is 9.11. The monoisotopic (exact) mass is 405 g/mol. The number of likely N-dealkylation sites (tertiary alicyclic amines) is 1. The average molecular weight is 405 g/mol. The van der Waals surface area contributed by atoms with Crippen LogP contribution in [0.2, 0.25) is 0 Å². The molecule has 0 radical (unpaired) electrons. The van der Waals surface area contributed by atoms with Gasteiger partial charge >= 0.3 is 0 Å². The predicted molar refractivity (Wildman–Crippen MR) is 106 cm³/mol. The smallest absolute Gasteiger partial charge is 0.258 e. The zero-order valence-corrected chi connectivity index (χ0v) is 16.7. The molecular weight excluding hydrogens is 381 g/mol. The third-order valence-corrected chi connectivity index (χ3v) is 7.03. The van der Waals surface area contributed by atoms with Crippen molar-refractivity contribution < 1.29 is 17.6 Å². The Morgan fingerprint density at radius 2 is 1.71 bits per heavy atom. The Morgan fingerprint density at radius 3 is 2.32 bits per heavy atom. The zero-order valence-electron chi connectivity index (χ0n) is 15.9. The summed E-state index contributed by atoms with van der Waals surface area (Å²) in [4.78, 5) is 14.5. The number of nitrogens with one attached hydrogen (secondary N) is 1. The van der Waals surface area contributed by atoms with Crippen LogP contribution in [0.3, 0.4) is 0 Å². The van der Waals surface area contributed by atoms with Crippen LogP contribution >= 0.6 is 0 Å². The first kappa shape index (κ1) is 20.4. The van der Waals surface area contributed by atoms with E-state index >= 15 is 0 Å². The summed E-state index contributed by atoms with van der Waals surface area (Å²) in [5.41, 5.74) is 0.329. The van der Waals surface area contributed by atoms with Crippen LogP contribution < -0.4 is 5.32 Å². The Morgan fingerprint density at radius 1 is 1.11 bits per heavy atom. The average Bonchev–Trinajstić information content (AvgIpc) is 2.68. The lowest BCUT2D eigenvalue weighted by Crippen LogP contribution is -2.44. The van der Waals surface area contributed by atoms with Gasteiger partial charge in [0.25, 0.3) is 5.91 Å². The maximum absolute atomic E-state index is 13.7. The highest BCUT2D eigenvalue weighted by Crippen LogP contribution is 2.23. The lowest BCUT2D eigenvalue weighted by Gasteiger charge is -2.34. The maximum Gasteiger partial charge on any atom is 0.258 e. The number of halogens is 1. The number of nitrogens with zero attached hydrogens (tertiary/aromatic N) is 2. The van der Waals surface area contributed by atoms with Gasteiger partial charge in [-0.1, -0.05) is 12.1 Å². The van der Waals surface area contributed by atoms with Gasteiger partial charge in [0.05, 0.1) is 10.5 Å². The fourth-order valence-corrected chi connectivity index (χ4v) is 4.69. The number of amides is 1. The molecule has 1 saturated heterocycles. The van der Waals surface area contributed by atoms with Gasteiger partial charge in [0.15, 0.2) is 0 Å². The van der Waals surface area contributed by atoms with Gasteiger partial charge in [-0.05, 0) is 69.4 Å². The van der Waals surface area contributed by atoms with E-state index in [2.05, 4.69) is 10.2 Å². The summed E-state index contributed by atoms with van der Waals surface area (Å²) in [5, 5.41) is 2.58. The summed E-state index contributed by atoms with van der Waals surface area (Å²) in [7, 11) is 0.0191. The lowest BCUT2D eigenvalue weighted by molar-refractivity contribution is 0.102. The van der Waals surface area contributed by atoms with E-state index in [4.69, 9.17) is 0 Å². The molecule has 1 amide bonds. The number of carbonyl (C=O) groups is 1. The summed E-state index contributed by atoms with van der Waals surface area (Å²) in [5.74, 6) is -1.20. The van der Waals surface area contributed by atoms with Crippen LogP contribution in [0, 0.1) is 5.82 Å². The van der Waals surface area contributed by atoms with Crippen molar-refractivity contribution in [3.05, 3.63) is 59.9 Å². The van der Waals surface area contributed by atoms with Crippen LogP contribution in [0.1, 0.15) is 23.2 Å². The highest BCUT2D eigenvalue weighted by atomic mass is 32.2. The minimum absolute atomic E-state index is 0.0263. The fourth-order valence-electron chi connectivity index (χ4n) is 3.28. The number of anilines is 1. The minimum atomic E-state index is -3.62. The normalized spacial score (nSPS) is 16.3. The molecular formula is C20H24FN3O3S. The molecule has 0 saturated carbocycles. The van der Waals surface area contributed by atoms with Crippen LogP contribution in [-0.2, 0) is 10.0 Å². The van der Waals surface area contributed by atoms with Crippen molar-refractivity contribution in [3.63, 3.8) is 0 Å². The van der Waals surface area contributed by atoms with Gasteiger partial charge in [-0.2, -0.15) is 4.31 Å². The van der Waals surface area contributed by atoms with Crippen molar-refractivity contribution in [2.24, 2.45) is 0 Å². The molecule has 0 unspecified atom stereocenters. The van der Waals surface area contributed by atoms with Gasteiger partial charge in [-0.25, -0.2) is 12.8 Å². The van der Waals surface area contributed by atoms with Crippen molar-refractivity contribution in [2.75, 3.05) is 32.5 Å². The summed E-state index contributed by atoms with van der Waals surface area (Å²) < 4.78 is 40.9. The Balaban J connectivity index is 1.71. The molecule has 3 rings (SSSR count). The van der Waals surface area contributed by atoms with Crippen LogP contribution in [0.4, 0.5) is 10.1 Å². The van der Waals surface area contributed by atoms with Crippen molar-refractivity contribution in [1.82, 2.24) is 9.21 Å². The van der Waals surface area contributed by atoms with Crippen LogP contribution in [-0.4, -0.2) is 56.8 Å². The first-order chi connectivity index (χ1) is 13.3. The third kappa shape index (κ3) is 4.40. The third-order valence-electron chi connectivity index (χ3n) is 5.11. The number of hydrogen-bond acceptors (Lipinski definition) is 4. The van der Waals surface area contributed by atoms with E-state index in [0.29, 0.717) is 5.69 Å². The number of benzene rings is 2. The topological polar surface area (TPSA) is 69.7 Å². The Labute approximate surface area is 165 Å². The molecule has 0 aliphatic carbocycles. The molecule has 1 aliphatic heterocycles. The molecule has 2 aromatic carbocycles. The van der Waals surface area contributed by atoms with Gasteiger partial charge in [-0.3, -0.25) is 4.79 Å². The lowest BCUT2D eigenvalue weighted by atomic mass is 10.1. The highest BCUT2D eigenvalue weighted by molar-refractivity contribution is 7.89. The van der Waals surface area contributed by atoms with E-state index in [-0.39, 0.29) is 16.5 Å². The second-order valence-electron chi connectivity index (χ2n) is 7.01. The second kappa shape index (κ2) is 8.38. The molecule has 1 fully saturated rings. The van der Waals surface area contributed by atoms with E-state index < -0.39 is 21.7 Å². The van der Waals surface area contributed by atoms with E-state index in [9.17, 15) is 17.6 Å². The van der Waals surface area contributed by atoms with Crippen molar-refractivity contribution >= 4 is 21.6 Å². The molecule has 1 N–H and O–H groups in total. The molecule has 1 aliphatic rings. The summed E-state index contributed by atoms with van der Waals surface area (Å²) in [6.07, 6.45) is 1.59. The van der Waals surface area contributed by atoms with Gasteiger partial charge in [-0.15, -0.1) is 0 Å². The second-order valence-corrected chi connectivity index (χ2v) is 9.01. The Bertz CT molecular complexity index is 939. The quantitative estimate of drug-likeness (QED) is 0.831. The molecule has 150 valence electrons. The van der Waals surface area contributed by atoms with E-state index in [0.717, 1.165) is 25.9 Å². The van der Waals surface area contributed by atoms with Gasteiger partial charge in [0.2, 0.25) is 10.0 Å². The number of rotatable bonds is 5. The van der Waals surface area contributed by atoms with Crippen LogP contribution in [0.5, 0.6) is 0 Å².